The first-order valence-electron chi connectivity index (χ1n) is 6.80. The van der Waals surface area contributed by atoms with E-state index in [1.165, 1.54) is 4.90 Å². The molecule has 0 spiro atoms. The fourth-order valence-corrected chi connectivity index (χ4v) is 2.39. The Balaban J connectivity index is 2.13. The maximum Gasteiger partial charge on any atom is 0.326 e. The Bertz CT molecular complexity index is 500. The number of ether oxygens (including phenoxy) is 1. The highest BCUT2D eigenvalue weighted by Crippen LogP contribution is 2.23. The van der Waals surface area contributed by atoms with Crippen LogP contribution in [-0.2, 0) is 27.3 Å². The summed E-state index contributed by atoms with van der Waals surface area (Å²) in [6.45, 7) is 2.75. The highest BCUT2D eigenvalue weighted by atomic mass is 16.5. The van der Waals surface area contributed by atoms with Crippen LogP contribution in [0.3, 0.4) is 0 Å². The molecule has 1 atom stereocenters. The molecule has 0 fully saturated rings. The van der Waals surface area contributed by atoms with Gasteiger partial charge in [0.15, 0.2) is 0 Å². The van der Waals surface area contributed by atoms with Gasteiger partial charge in [-0.05, 0) is 17.5 Å². The predicted octanol–water partition coefficient (Wildman–Crippen LogP) is 1.45. The molecule has 5 nitrogen and oxygen atoms in total. The largest absolute Gasteiger partial charge is 0.480 e. The molecule has 108 valence electrons. The predicted molar refractivity (Wildman–Crippen MR) is 73.2 cm³/mol. The molecule has 5 heteroatoms. The number of hydrogen-bond acceptors (Lipinski definition) is 3. The second-order valence-electron chi connectivity index (χ2n) is 4.90. The van der Waals surface area contributed by atoms with E-state index in [1.54, 1.807) is 0 Å². The van der Waals surface area contributed by atoms with Gasteiger partial charge in [0.2, 0.25) is 5.91 Å². The summed E-state index contributed by atoms with van der Waals surface area (Å²) in [6, 6.07) is 6.83. The molecule has 1 unspecified atom stereocenters. The summed E-state index contributed by atoms with van der Waals surface area (Å²) in [4.78, 5) is 24.9. The number of carboxylic acid groups (broad SMARTS) is 1. The van der Waals surface area contributed by atoms with Crippen molar-refractivity contribution in [2.24, 2.45) is 0 Å². The van der Waals surface area contributed by atoms with Crippen molar-refractivity contribution in [1.82, 2.24) is 4.90 Å². The van der Waals surface area contributed by atoms with E-state index in [4.69, 9.17) is 4.74 Å². The molecule has 1 N–H and O–H groups in total. The molecule has 0 saturated carbocycles. The standard InChI is InChI=1S/C15H19NO4/c1-2-7-20-10-14(17)16-9-12-6-4-3-5-11(12)8-13(16)15(18)19/h3-6,13H,2,7-10H2,1H3,(H,18,19). The Morgan fingerprint density at radius 3 is 2.70 bits per heavy atom. The van der Waals surface area contributed by atoms with Gasteiger partial charge in [0.25, 0.3) is 0 Å². The van der Waals surface area contributed by atoms with Gasteiger partial charge in [0, 0.05) is 19.6 Å². The zero-order valence-electron chi connectivity index (χ0n) is 11.5. The van der Waals surface area contributed by atoms with E-state index < -0.39 is 12.0 Å². The third-order valence-electron chi connectivity index (χ3n) is 3.43. The molecule has 0 saturated heterocycles. The van der Waals surface area contributed by atoms with E-state index in [-0.39, 0.29) is 12.5 Å². The Labute approximate surface area is 118 Å². The SMILES string of the molecule is CCCOCC(=O)N1Cc2ccccc2CC1C(=O)O. The number of fused-ring (bicyclic) bond motifs is 1. The minimum Gasteiger partial charge on any atom is -0.480 e. The van der Waals surface area contributed by atoms with E-state index >= 15 is 0 Å². The normalized spacial score (nSPS) is 17.6. The van der Waals surface area contributed by atoms with Crippen LogP contribution in [0.2, 0.25) is 0 Å². The zero-order valence-corrected chi connectivity index (χ0v) is 11.5. The average Bonchev–Trinajstić information content (AvgIpc) is 2.46. The Morgan fingerprint density at radius 1 is 1.35 bits per heavy atom. The van der Waals surface area contributed by atoms with Crippen LogP contribution in [-0.4, -0.2) is 41.1 Å². The molecular weight excluding hydrogens is 258 g/mol. The number of benzene rings is 1. The first-order chi connectivity index (χ1) is 9.63. The number of rotatable bonds is 5. The van der Waals surface area contributed by atoms with Crippen LogP contribution in [0, 0.1) is 0 Å². The third-order valence-corrected chi connectivity index (χ3v) is 3.43. The average molecular weight is 277 g/mol. The maximum absolute atomic E-state index is 12.1. The van der Waals surface area contributed by atoms with Crippen LogP contribution in [0.4, 0.5) is 0 Å². The van der Waals surface area contributed by atoms with Crippen LogP contribution < -0.4 is 0 Å². The third kappa shape index (κ3) is 3.17. The number of carboxylic acids is 1. The van der Waals surface area contributed by atoms with Crippen molar-refractivity contribution < 1.29 is 19.4 Å². The second-order valence-corrected chi connectivity index (χ2v) is 4.90. The quantitative estimate of drug-likeness (QED) is 0.827. The van der Waals surface area contributed by atoms with Gasteiger partial charge in [-0.2, -0.15) is 0 Å². The van der Waals surface area contributed by atoms with Gasteiger partial charge in [-0.25, -0.2) is 4.79 Å². The van der Waals surface area contributed by atoms with E-state index in [0.29, 0.717) is 19.6 Å². The monoisotopic (exact) mass is 277 g/mol. The van der Waals surface area contributed by atoms with Crippen molar-refractivity contribution in [2.45, 2.75) is 32.4 Å². The highest BCUT2D eigenvalue weighted by Gasteiger charge is 2.34. The van der Waals surface area contributed by atoms with Crippen LogP contribution in [0.15, 0.2) is 24.3 Å². The molecule has 1 aromatic rings. The number of aliphatic carboxylic acids is 1. The highest BCUT2D eigenvalue weighted by molar-refractivity contribution is 5.85. The molecule has 0 aliphatic carbocycles. The van der Waals surface area contributed by atoms with Crippen LogP contribution >= 0.6 is 0 Å². The summed E-state index contributed by atoms with van der Waals surface area (Å²) >= 11 is 0. The first-order valence-corrected chi connectivity index (χ1v) is 6.80. The topological polar surface area (TPSA) is 66.8 Å². The summed E-state index contributed by atoms with van der Waals surface area (Å²) < 4.78 is 5.23. The lowest BCUT2D eigenvalue weighted by atomic mass is 9.94. The minimum atomic E-state index is -0.969. The van der Waals surface area contributed by atoms with Gasteiger partial charge in [-0.1, -0.05) is 31.2 Å². The van der Waals surface area contributed by atoms with Gasteiger partial charge in [-0.3, -0.25) is 4.79 Å². The van der Waals surface area contributed by atoms with Gasteiger partial charge in [0.05, 0.1) is 0 Å². The number of nitrogens with zero attached hydrogens (tertiary/aromatic N) is 1. The molecule has 0 aromatic heterocycles. The van der Waals surface area contributed by atoms with Crippen molar-refractivity contribution in [3.05, 3.63) is 35.4 Å². The van der Waals surface area contributed by atoms with E-state index in [0.717, 1.165) is 17.5 Å². The lowest BCUT2D eigenvalue weighted by Crippen LogP contribution is -2.49. The second kappa shape index (κ2) is 6.52. The molecule has 1 aliphatic rings. The van der Waals surface area contributed by atoms with E-state index in [1.807, 2.05) is 31.2 Å². The molecular formula is C15H19NO4. The smallest absolute Gasteiger partial charge is 0.326 e. The molecule has 1 aliphatic heterocycles. The number of amides is 1. The van der Waals surface area contributed by atoms with Gasteiger partial charge >= 0.3 is 5.97 Å². The van der Waals surface area contributed by atoms with E-state index in [9.17, 15) is 14.7 Å². The summed E-state index contributed by atoms with van der Waals surface area (Å²) in [5, 5.41) is 9.32. The summed E-state index contributed by atoms with van der Waals surface area (Å²) in [7, 11) is 0. The Hall–Kier alpha value is -1.88. The zero-order chi connectivity index (χ0) is 14.5. The van der Waals surface area contributed by atoms with Gasteiger partial charge < -0.3 is 14.7 Å². The fraction of sp³-hybridized carbons (Fsp3) is 0.467. The molecule has 1 heterocycles. The van der Waals surface area contributed by atoms with Crippen molar-refractivity contribution in [3.63, 3.8) is 0 Å². The maximum atomic E-state index is 12.1. The summed E-state index contributed by atoms with van der Waals surface area (Å²) in [6.07, 6.45) is 1.18. The van der Waals surface area contributed by atoms with E-state index in [2.05, 4.69) is 0 Å². The molecule has 2 rings (SSSR count). The van der Waals surface area contributed by atoms with Gasteiger partial charge in [-0.15, -0.1) is 0 Å². The van der Waals surface area contributed by atoms with Crippen molar-refractivity contribution in [3.8, 4) is 0 Å². The molecule has 1 aromatic carbocycles. The first kappa shape index (κ1) is 14.5. The lowest BCUT2D eigenvalue weighted by Gasteiger charge is -2.34. The number of carbonyl (C=O) groups excluding carboxylic acids is 1. The lowest BCUT2D eigenvalue weighted by molar-refractivity contribution is -0.153. The number of carbonyl (C=O) groups is 2. The van der Waals surface area contributed by atoms with Crippen molar-refractivity contribution >= 4 is 11.9 Å². The van der Waals surface area contributed by atoms with Gasteiger partial charge in [0.1, 0.15) is 12.6 Å². The molecule has 20 heavy (non-hydrogen) atoms. The van der Waals surface area contributed by atoms with Crippen LogP contribution in [0.25, 0.3) is 0 Å². The minimum absolute atomic E-state index is 0.0558. The summed E-state index contributed by atoms with van der Waals surface area (Å²) in [5.41, 5.74) is 2.01. The van der Waals surface area contributed by atoms with Crippen molar-refractivity contribution in [1.29, 1.82) is 0 Å². The molecule has 1 amide bonds. The Morgan fingerprint density at radius 2 is 2.05 bits per heavy atom. The molecule has 0 radical (unpaired) electrons. The summed E-state index contributed by atoms with van der Waals surface area (Å²) in [5.74, 6) is -1.23. The Kier molecular flexibility index (Phi) is 4.74. The van der Waals surface area contributed by atoms with Crippen LogP contribution in [0.1, 0.15) is 24.5 Å². The fourth-order valence-electron chi connectivity index (χ4n) is 2.39. The molecule has 0 bridgehead atoms. The van der Waals surface area contributed by atoms with Crippen LogP contribution in [0.5, 0.6) is 0 Å². The van der Waals surface area contributed by atoms with Crippen molar-refractivity contribution in [2.75, 3.05) is 13.2 Å². The number of hydrogen-bond donors (Lipinski definition) is 1.